The van der Waals surface area contributed by atoms with Crippen molar-refractivity contribution in [1.29, 1.82) is 0 Å². The lowest BCUT2D eigenvalue weighted by molar-refractivity contribution is -0.115. The molecule has 0 aromatic rings. The molecule has 6 heavy (non-hydrogen) atoms. The molecule has 0 aromatic carbocycles. The quantitative estimate of drug-likeness (QED) is 0.433. The van der Waals surface area contributed by atoms with Crippen LogP contribution in [0.3, 0.4) is 0 Å². The third-order valence-electron chi connectivity index (χ3n) is 0.166. The first-order chi connectivity index (χ1) is 2.77. The van der Waals surface area contributed by atoms with E-state index in [1.165, 1.54) is 6.92 Å². The van der Waals surface area contributed by atoms with E-state index in [1.54, 1.807) is 0 Å². The first-order valence-electron chi connectivity index (χ1n) is 1.28. The molecule has 0 atom stereocenters. The van der Waals surface area contributed by atoms with Crippen LogP contribution in [0.4, 0.5) is 0 Å². The minimum absolute atomic E-state index is 0.0648. The number of nitrogens with zero attached hydrogens (tertiary/aromatic N) is 1. The van der Waals surface area contributed by atoms with E-state index in [0.717, 1.165) is 0 Å². The van der Waals surface area contributed by atoms with Gasteiger partial charge in [0.05, 0.1) is 0 Å². The van der Waals surface area contributed by atoms with Gasteiger partial charge in [-0.25, -0.2) is 0 Å². The van der Waals surface area contributed by atoms with Crippen molar-refractivity contribution < 1.29 is 9.00 Å². The Hall–Kier alpha value is -0.510. The van der Waals surface area contributed by atoms with Crippen molar-refractivity contribution in [2.45, 2.75) is 6.92 Å². The van der Waals surface area contributed by atoms with Crippen LogP contribution >= 0.6 is 0 Å². The predicted molar refractivity (Wildman–Crippen MR) is 21.3 cm³/mol. The highest BCUT2D eigenvalue weighted by Gasteiger charge is 1.75. The summed E-state index contributed by atoms with van der Waals surface area (Å²) in [5.41, 5.74) is 0. The molecule has 1 amide bonds. The molecule has 0 bridgehead atoms. The maximum absolute atomic E-state index is 9.66. The van der Waals surface area contributed by atoms with Crippen LogP contribution < -0.4 is 0 Å². The van der Waals surface area contributed by atoms with E-state index in [0.29, 0.717) is 0 Å². The zero-order valence-corrected chi connectivity index (χ0v) is 3.99. The number of carbonyl (C=O) groups excluding carboxylic acids is 1. The fraction of sp³-hybridized carbons (Fsp3) is 0.500. The molecule has 0 saturated heterocycles. The SMILES string of the molecule is CC(=O)N=S=O. The summed E-state index contributed by atoms with van der Waals surface area (Å²) in [6.45, 7) is 1.23. The minimum atomic E-state index is -0.435. The summed E-state index contributed by atoms with van der Waals surface area (Å²) in [7, 11) is 0. The third-order valence-corrected chi connectivity index (χ3v) is 0.497. The maximum atomic E-state index is 9.66. The Labute approximate surface area is 38.6 Å². The third kappa shape index (κ3) is 3.49. The lowest BCUT2D eigenvalue weighted by Gasteiger charge is -1.61. The van der Waals surface area contributed by atoms with Crippen LogP contribution in [-0.2, 0) is 16.3 Å². The molecule has 0 aliphatic carbocycles. The van der Waals surface area contributed by atoms with Crippen LogP contribution in [0.25, 0.3) is 0 Å². The van der Waals surface area contributed by atoms with Gasteiger partial charge in [-0.15, -0.1) is 4.36 Å². The molecular formula is C2H3NO2S. The molecule has 0 aliphatic heterocycles. The molecule has 3 nitrogen and oxygen atoms in total. The molecule has 4 heteroatoms. The molecule has 0 saturated carbocycles. The fourth-order valence-corrected chi connectivity index (χ4v) is 0.157. The van der Waals surface area contributed by atoms with Crippen molar-refractivity contribution in [1.82, 2.24) is 0 Å². The molecule has 0 fully saturated rings. The van der Waals surface area contributed by atoms with Crippen LogP contribution in [0, 0.1) is 0 Å². The number of hydrogen-bond acceptors (Lipinski definition) is 2. The van der Waals surface area contributed by atoms with Crippen molar-refractivity contribution in [3.63, 3.8) is 0 Å². The monoisotopic (exact) mass is 105 g/mol. The Bertz CT molecular complexity index is 104. The van der Waals surface area contributed by atoms with E-state index < -0.39 is 5.91 Å². The summed E-state index contributed by atoms with van der Waals surface area (Å²) in [4.78, 5) is 9.66. The van der Waals surface area contributed by atoms with Crippen LogP contribution in [0.15, 0.2) is 4.36 Å². The van der Waals surface area contributed by atoms with Gasteiger partial charge < -0.3 is 0 Å². The van der Waals surface area contributed by atoms with Gasteiger partial charge in [-0.3, -0.25) is 4.79 Å². The van der Waals surface area contributed by atoms with Gasteiger partial charge in [0.2, 0.25) is 11.5 Å². The lowest BCUT2D eigenvalue weighted by Crippen LogP contribution is -1.75. The van der Waals surface area contributed by atoms with Crippen molar-refractivity contribution in [2.75, 3.05) is 0 Å². The first kappa shape index (κ1) is 5.49. The number of rotatable bonds is 0. The Kier molecular flexibility index (Phi) is 2.48. The van der Waals surface area contributed by atoms with Crippen molar-refractivity contribution in [3.8, 4) is 0 Å². The van der Waals surface area contributed by atoms with E-state index in [9.17, 15) is 9.00 Å². The lowest BCUT2D eigenvalue weighted by atomic mass is 10.8. The van der Waals surface area contributed by atoms with Crippen LogP contribution in [0.5, 0.6) is 0 Å². The summed E-state index contributed by atoms with van der Waals surface area (Å²) in [6.07, 6.45) is 0. The maximum Gasteiger partial charge on any atom is 0.255 e. The topological polar surface area (TPSA) is 46.5 Å². The number of carbonyl (C=O) groups is 1. The highest BCUT2D eigenvalue weighted by Crippen LogP contribution is 1.62. The van der Waals surface area contributed by atoms with Gasteiger partial charge in [0.25, 0.3) is 5.91 Å². The standard InChI is InChI=1S/C2H3NO2S/c1-2(4)3-6-5/h1H3. The van der Waals surface area contributed by atoms with Gasteiger partial charge in [0.15, 0.2) is 0 Å². The van der Waals surface area contributed by atoms with Gasteiger partial charge >= 0.3 is 0 Å². The van der Waals surface area contributed by atoms with Gasteiger partial charge in [0, 0.05) is 6.92 Å². The molecular weight excluding hydrogens is 102 g/mol. The molecule has 0 spiro atoms. The zero-order valence-electron chi connectivity index (χ0n) is 3.17. The highest BCUT2D eigenvalue weighted by molar-refractivity contribution is 7.55. The minimum Gasteiger partial charge on any atom is -0.272 e. The van der Waals surface area contributed by atoms with Crippen molar-refractivity contribution in [3.05, 3.63) is 0 Å². The van der Waals surface area contributed by atoms with Gasteiger partial charge in [-0.1, -0.05) is 0 Å². The Balaban J connectivity index is 3.60. The Morgan fingerprint density at radius 2 is 2.33 bits per heavy atom. The number of amides is 1. The highest BCUT2D eigenvalue weighted by atomic mass is 32.1. The Morgan fingerprint density at radius 3 is 2.33 bits per heavy atom. The largest absolute Gasteiger partial charge is 0.272 e. The van der Waals surface area contributed by atoms with E-state index in [2.05, 4.69) is 4.36 Å². The summed E-state index contributed by atoms with van der Waals surface area (Å²) in [5.74, 6) is -0.435. The smallest absolute Gasteiger partial charge is 0.255 e. The number of hydrogen-bond donors (Lipinski definition) is 0. The molecule has 0 rings (SSSR count). The average Bonchev–Trinajstić information content (AvgIpc) is 1.35. The molecule has 34 valence electrons. The second-order valence-corrected chi connectivity index (χ2v) is 1.02. The second kappa shape index (κ2) is 2.71. The summed E-state index contributed by atoms with van der Waals surface area (Å²) in [5, 5.41) is 0. The van der Waals surface area contributed by atoms with E-state index in [1.807, 2.05) is 0 Å². The van der Waals surface area contributed by atoms with Crippen molar-refractivity contribution >= 4 is 17.4 Å². The van der Waals surface area contributed by atoms with E-state index >= 15 is 0 Å². The molecule has 0 unspecified atom stereocenters. The summed E-state index contributed by atoms with van der Waals surface area (Å²) in [6, 6.07) is 0. The summed E-state index contributed by atoms with van der Waals surface area (Å²) >= 11 is -0.0648. The zero-order chi connectivity index (χ0) is 4.99. The molecule has 0 radical (unpaired) electrons. The van der Waals surface area contributed by atoms with E-state index in [-0.39, 0.29) is 11.5 Å². The summed E-state index contributed by atoms with van der Waals surface area (Å²) < 4.78 is 12.1. The molecule has 0 N–H and O–H groups in total. The molecule has 0 aliphatic rings. The first-order valence-corrected chi connectivity index (χ1v) is 1.98. The second-order valence-electron chi connectivity index (χ2n) is 0.685. The fourth-order valence-electron chi connectivity index (χ4n) is 0.0525. The van der Waals surface area contributed by atoms with Crippen LogP contribution in [-0.4, -0.2) is 10.1 Å². The van der Waals surface area contributed by atoms with Crippen LogP contribution in [0.1, 0.15) is 6.92 Å². The Morgan fingerprint density at radius 1 is 1.83 bits per heavy atom. The molecule has 0 aromatic heterocycles. The molecule has 0 heterocycles. The van der Waals surface area contributed by atoms with Gasteiger partial charge in [-0.05, 0) is 0 Å². The van der Waals surface area contributed by atoms with E-state index in [4.69, 9.17) is 0 Å². The normalized spacial score (nSPS) is 6.83. The van der Waals surface area contributed by atoms with Crippen LogP contribution in [0.2, 0.25) is 0 Å². The van der Waals surface area contributed by atoms with Gasteiger partial charge in [-0.2, -0.15) is 4.21 Å². The van der Waals surface area contributed by atoms with Crippen molar-refractivity contribution in [2.24, 2.45) is 4.36 Å². The predicted octanol–water partition coefficient (Wildman–Crippen LogP) is -0.0705. The average molecular weight is 105 g/mol. The van der Waals surface area contributed by atoms with Gasteiger partial charge in [0.1, 0.15) is 0 Å².